The molecule has 106 valence electrons. The summed E-state index contributed by atoms with van der Waals surface area (Å²) in [5.74, 6) is -1.28. The van der Waals surface area contributed by atoms with Crippen molar-refractivity contribution in [3.63, 3.8) is 0 Å². The molecule has 0 N–H and O–H groups in total. The van der Waals surface area contributed by atoms with Gasteiger partial charge in [0.1, 0.15) is 11.6 Å². The number of hydrogen-bond donors (Lipinski definition) is 0. The minimum absolute atomic E-state index is 0.370. The van der Waals surface area contributed by atoms with Crippen LogP contribution >= 0.6 is 0 Å². The van der Waals surface area contributed by atoms with E-state index in [1.807, 2.05) is 4.90 Å². The van der Waals surface area contributed by atoms with Crippen LogP contribution in [0.4, 0.5) is 17.6 Å². The number of morpholine rings is 1. The van der Waals surface area contributed by atoms with Crippen LogP contribution in [-0.2, 0) is 11.3 Å². The fraction of sp³-hybridized carbons (Fsp3) is 0.500. The van der Waals surface area contributed by atoms with Gasteiger partial charge in [-0.2, -0.15) is 0 Å². The first-order valence-electron chi connectivity index (χ1n) is 5.78. The first-order valence-corrected chi connectivity index (χ1v) is 5.78. The van der Waals surface area contributed by atoms with Crippen LogP contribution in [0.2, 0.25) is 0 Å². The molecule has 1 aromatic carbocycles. The molecule has 1 heterocycles. The van der Waals surface area contributed by atoms with E-state index in [-0.39, 0.29) is 0 Å². The molecule has 1 fully saturated rings. The molecule has 0 aromatic heterocycles. The first kappa shape index (κ1) is 14.1. The molecule has 1 saturated heterocycles. The molecule has 0 radical (unpaired) electrons. The molecule has 19 heavy (non-hydrogen) atoms. The standard InChI is InChI=1S/C12H13F4NO2/c13-10-5-9(8-17-1-3-18-4-2-17)6-11(7-10)19-12(14,15)16/h5-7H,1-4,8H2. The predicted octanol–water partition coefficient (Wildman–Crippen LogP) is 2.56. The summed E-state index contributed by atoms with van der Waals surface area (Å²) < 4.78 is 58.4. The van der Waals surface area contributed by atoms with Gasteiger partial charge in [0.2, 0.25) is 0 Å². The zero-order chi connectivity index (χ0) is 13.9. The number of benzene rings is 1. The summed E-state index contributed by atoms with van der Waals surface area (Å²) >= 11 is 0. The monoisotopic (exact) mass is 279 g/mol. The molecule has 1 aliphatic heterocycles. The maximum Gasteiger partial charge on any atom is 0.573 e. The Morgan fingerprint density at radius 3 is 2.47 bits per heavy atom. The molecule has 7 heteroatoms. The number of halogens is 4. The zero-order valence-corrected chi connectivity index (χ0v) is 10.0. The van der Waals surface area contributed by atoms with Gasteiger partial charge in [-0.05, 0) is 17.7 Å². The Balaban J connectivity index is 2.07. The van der Waals surface area contributed by atoms with Crippen LogP contribution < -0.4 is 4.74 Å². The molecular formula is C12H13F4NO2. The molecule has 0 bridgehead atoms. The molecule has 0 unspecified atom stereocenters. The van der Waals surface area contributed by atoms with E-state index < -0.39 is 17.9 Å². The van der Waals surface area contributed by atoms with E-state index in [4.69, 9.17) is 4.74 Å². The Hall–Kier alpha value is -1.34. The van der Waals surface area contributed by atoms with Gasteiger partial charge in [0, 0.05) is 25.7 Å². The van der Waals surface area contributed by atoms with E-state index in [9.17, 15) is 17.6 Å². The number of alkyl halides is 3. The number of hydrogen-bond acceptors (Lipinski definition) is 3. The maximum absolute atomic E-state index is 13.3. The van der Waals surface area contributed by atoms with Gasteiger partial charge in [-0.1, -0.05) is 0 Å². The predicted molar refractivity (Wildman–Crippen MR) is 59.2 cm³/mol. The molecule has 0 atom stereocenters. The second-order valence-corrected chi connectivity index (χ2v) is 4.23. The summed E-state index contributed by atoms with van der Waals surface area (Å²) in [5, 5.41) is 0. The van der Waals surface area contributed by atoms with Crippen molar-refractivity contribution in [2.45, 2.75) is 12.9 Å². The zero-order valence-electron chi connectivity index (χ0n) is 10.0. The van der Waals surface area contributed by atoms with Gasteiger partial charge >= 0.3 is 6.36 Å². The van der Waals surface area contributed by atoms with Crippen molar-refractivity contribution in [3.05, 3.63) is 29.6 Å². The second kappa shape index (κ2) is 5.75. The Morgan fingerprint density at radius 1 is 1.16 bits per heavy atom. The smallest absolute Gasteiger partial charge is 0.406 e. The lowest BCUT2D eigenvalue weighted by atomic mass is 10.2. The van der Waals surface area contributed by atoms with Crippen LogP contribution in [0.15, 0.2) is 18.2 Å². The average molecular weight is 279 g/mol. The molecule has 1 aromatic rings. The molecular weight excluding hydrogens is 266 g/mol. The molecule has 0 aliphatic carbocycles. The summed E-state index contributed by atoms with van der Waals surface area (Å²) in [6, 6.07) is 3.13. The molecule has 0 spiro atoms. The Bertz CT molecular complexity index is 430. The average Bonchev–Trinajstić information content (AvgIpc) is 2.26. The summed E-state index contributed by atoms with van der Waals surface area (Å²) in [6.07, 6.45) is -4.82. The largest absolute Gasteiger partial charge is 0.573 e. The SMILES string of the molecule is Fc1cc(CN2CCOCC2)cc(OC(F)(F)F)c1. The van der Waals surface area contributed by atoms with Crippen molar-refractivity contribution in [1.29, 1.82) is 0 Å². The van der Waals surface area contributed by atoms with Gasteiger partial charge in [-0.3, -0.25) is 4.90 Å². The third-order valence-corrected chi connectivity index (χ3v) is 2.67. The topological polar surface area (TPSA) is 21.7 Å². The third-order valence-electron chi connectivity index (χ3n) is 2.67. The fourth-order valence-electron chi connectivity index (χ4n) is 1.92. The van der Waals surface area contributed by atoms with Gasteiger partial charge in [-0.25, -0.2) is 4.39 Å². The third kappa shape index (κ3) is 4.68. The summed E-state index contributed by atoms with van der Waals surface area (Å²) in [4.78, 5) is 1.98. The van der Waals surface area contributed by atoms with Gasteiger partial charge in [0.15, 0.2) is 0 Å². The van der Waals surface area contributed by atoms with E-state index >= 15 is 0 Å². The molecule has 1 aliphatic rings. The van der Waals surface area contributed by atoms with Crippen molar-refractivity contribution < 1.29 is 27.0 Å². The summed E-state index contributed by atoms with van der Waals surface area (Å²) in [6.45, 7) is 2.86. The minimum atomic E-state index is -4.82. The molecule has 2 rings (SSSR count). The van der Waals surface area contributed by atoms with Gasteiger partial charge in [-0.15, -0.1) is 13.2 Å². The van der Waals surface area contributed by atoms with Gasteiger partial charge in [0.05, 0.1) is 13.2 Å². The number of rotatable bonds is 3. The van der Waals surface area contributed by atoms with E-state index in [1.165, 1.54) is 12.1 Å². The maximum atomic E-state index is 13.3. The van der Waals surface area contributed by atoms with Crippen LogP contribution in [0.3, 0.4) is 0 Å². The van der Waals surface area contributed by atoms with Crippen LogP contribution in [0, 0.1) is 5.82 Å². The van der Waals surface area contributed by atoms with E-state index in [2.05, 4.69) is 4.74 Å². The highest BCUT2D eigenvalue weighted by Gasteiger charge is 2.31. The van der Waals surface area contributed by atoms with Crippen LogP contribution in [0.25, 0.3) is 0 Å². The quantitative estimate of drug-likeness (QED) is 0.794. The van der Waals surface area contributed by atoms with E-state index in [0.29, 0.717) is 38.4 Å². The lowest BCUT2D eigenvalue weighted by molar-refractivity contribution is -0.274. The second-order valence-electron chi connectivity index (χ2n) is 4.23. The Labute approximate surface area is 107 Å². The summed E-state index contributed by atoms with van der Waals surface area (Å²) in [5.41, 5.74) is 0.446. The Kier molecular flexibility index (Phi) is 4.26. The van der Waals surface area contributed by atoms with E-state index in [0.717, 1.165) is 6.07 Å². The number of nitrogens with zero attached hydrogens (tertiary/aromatic N) is 1. The molecule has 0 amide bonds. The summed E-state index contributed by atoms with van der Waals surface area (Å²) in [7, 11) is 0. The van der Waals surface area contributed by atoms with Gasteiger partial charge in [0.25, 0.3) is 0 Å². The van der Waals surface area contributed by atoms with E-state index in [1.54, 1.807) is 0 Å². The Morgan fingerprint density at radius 2 is 1.84 bits per heavy atom. The highest BCUT2D eigenvalue weighted by Crippen LogP contribution is 2.25. The van der Waals surface area contributed by atoms with Crippen molar-refractivity contribution in [2.24, 2.45) is 0 Å². The van der Waals surface area contributed by atoms with Gasteiger partial charge < -0.3 is 9.47 Å². The van der Waals surface area contributed by atoms with Crippen molar-refractivity contribution >= 4 is 0 Å². The van der Waals surface area contributed by atoms with Crippen molar-refractivity contribution in [1.82, 2.24) is 4.90 Å². The lowest BCUT2D eigenvalue weighted by Gasteiger charge is -2.26. The normalized spacial score (nSPS) is 17.5. The minimum Gasteiger partial charge on any atom is -0.406 e. The van der Waals surface area contributed by atoms with Crippen molar-refractivity contribution in [3.8, 4) is 5.75 Å². The molecule has 0 saturated carbocycles. The van der Waals surface area contributed by atoms with Crippen LogP contribution in [0.1, 0.15) is 5.56 Å². The van der Waals surface area contributed by atoms with Crippen LogP contribution in [-0.4, -0.2) is 37.6 Å². The van der Waals surface area contributed by atoms with Crippen LogP contribution in [0.5, 0.6) is 5.75 Å². The number of ether oxygens (including phenoxy) is 2. The highest BCUT2D eigenvalue weighted by atomic mass is 19.4. The lowest BCUT2D eigenvalue weighted by Crippen LogP contribution is -2.35. The molecule has 3 nitrogen and oxygen atoms in total. The highest BCUT2D eigenvalue weighted by molar-refractivity contribution is 5.29. The fourth-order valence-corrected chi connectivity index (χ4v) is 1.92. The van der Waals surface area contributed by atoms with Crippen molar-refractivity contribution in [2.75, 3.05) is 26.3 Å². The first-order chi connectivity index (χ1) is 8.92.